The lowest BCUT2D eigenvalue weighted by molar-refractivity contribution is 0.0578. The topological polar surface area (TPSA) is 110 Å². The van der Waals surface area contributed by atoms with Gasteiger partial charge in [0.25, 0.3) is 0 Å². The third kappa shape index (κ3) is 8.36. The van der Waals surface area contributed by atoms with E-state index < -0.39 is 25.4 Å². The van der Waals surface area contributed by atoms with Crippen LogP contribution in [0.15, 0.2) is 0 Å². The second kappa shape index (κ2) is 8.10. The number of nitrogens with two attached hydrogens (primary N) is 1. The molecule has 6 heteroatoms. The predicted octanol–water partition coefficient (Wildman–Crippen LogP) is -2.45. The Hall–Kier alpha value is -0.240. The average molecular weight is 210 g/mol. The van der Waals surface area contributed by atoms with E-state index in [0.717, 1.165) is 0 Å². The van der Waals surface area contributed by atoms with Crippen LogP contribution in [0.2, 0.25) is 0 Å². The van der Waals surface area contributed by atoms with E-state index in [4.69, 9.17) is 26.2 Å². The molecular weight excluding hydrogens is 188 g/mol. The van der Waals surface area contributed by atoms with Gasteiger partial charge in [-0.05, 0) is 21.0 Å². The Morgan fingerprint density at radius 1 is 1.14 bits per heavy atom. The summed E-state index contributed by atoms with van der Waals surface area (Å²) in [6, 6.07) is 0. The second-order valence-electron chi connectivity index (χ2n) is 3.43. The Kier molecular flexibility index (Phi) is 9.37. The Balaban J connectivity index is 0. The van der Waals surface area contributed by atoms with Gasteiger partial charge >= 0.3 is 0 Å². The molecular formula is C8H22N2O4. The first-order valence-electron chi connectivity index (χ1n) is 4.29. The van der Waals surface area contributed by atoms with Crippen LogP contribution in [0.5, 0.6) is 0 Å². The van der Waals surface area contributed by atoms with Crippen LogP contribution in [0, 0.1) is 0 Å². The highest BCUT2D eigenvalue weighted by Crippen LogP contribution is 1.93. The lowest BCUT2D eigenvalue weighted by Crippen LogP contribution is -2.50. The molecule has 14 heavy (non-hydrogen) atoms. The third-order valence-corrected chi connectivity index (χ3v) is 1.69. The zero-order valence-corrected chi connectivity index (χ0v) is 9.01. The smallest absolute Gasteiger partial charge is 0.104 e. The minimum absolute atomic E-state index is 0.315. The van der Waals surface area contributed by atoms with Crippen molar-refractivity contribution in [3.05, 3.63) is 0 Å². The highest BCUT2D eigenvalue weighted by molar-refractivity contribution is 4.80. The van der Waals surface area contributed by atoms with Gasteiger partial charge in [-0.1, -0.05) is 0 Å². The van der Waals surface area contributed by atoms with Crippen LogP contribution in [0.4, 0.5) is 0 Å². The average Bonchev–Trinajstić information content (AvgIpc) is 2.17. The highest BCUT2D eigenvalue weighted by Gasteiger charge is 2.20. The van der Waals surface area contributed by atoms with E-state index in [0.29, 0.717) is 0 Å². The molecule has 6 nitrogen and oxygen atoms in total. The van der Waals surface area contributed by atoms with Crippen LogP contribution in [-0.4, -0.2) is 71.0 Å². The Bertz CT molecular complexity index is 112. The van der Waals surface area contributed by atoms with Crippen LogP contribution in [0.1, 0.15) is 6.92 Å². The Labute approximate surface area is 84.6 Å². The summed E-state index contributed by atoms with van der Waals surface area (Å²) in [5.74, 6) is 0. The molecule has 0 saturated carbocycles. The molecule has 88 valence electrons. The minimum Gasteiger partial charge on any atom is -0.394 e. The molecule has 0 fully saturated rings. The lowest BCUT2D eigenvalue weighted by atomic mass is 10.1. The summed E-state index contributed by atoms with van der Waals surface area (Å²) in [5.41, 5.74) is 3.94. The molecule has 0 aliphatic carbocycles. The van der Waals surface area contributed by atoms with Crippen LogP contribution >= 0.6 is 0 Å². The van der Waals surface area contributed by atoms with Gasteiger partial charge in [0.1, 0.15) is 6.23 Å². The van der Waals surface area contributed by atoms with Crippen molar-refractivity contribution in [1.82, 2.24) is 4.90 Å². The number of aliphatic hydroxyl groups excluding tert-OH is 4. The van der Waals surface area contributed by atoms with Crippen molar-refractivity contribution in [3.8, 4) is 0 Å². The van der Waals surface area contributed by atoms with Gasteiger partial charge in [0, 0.05) is 0 Å². The molecule has 0 bridgehead atoms. The van der Waals surface area contributed by atoms with E-state index in [9.17, 15) is 0 Å². The van der Waals surface area contributed by atoms with Crippen molar-refractivity contribution in [2.75, 3.05) is 33.9 Å². The van der Waals surface area contributed by atoms with Crippen LogP contribution in [0.3, 0.4) is 0 Å². The number of hydrogen-bond donors (Lipinski definition) is 5. The van der Waals surface area contributed by atoms with E-state index >= 15 is 0 Å². The predicted molar refractivity (Wildman–Crippen MR) is 53.5 cm³/mol. The molecule has 0 aromatic heterocycles. The van der Waals surface area contributed by atoms with Crippen molar-refractivity contribution in [2.45, 2.75) is 18.7 Å². The van der Waals surface area contributed by atoms with Gasteiger partial charge in [-0.2, -0.15) is 0 Å². The third-order valence-electron chi connectivity index (χ3n) is 1.69. The van der Waals surface area contributed by atoms with E-state index in [1.165, 1.54) is 0 Å². The maximum absolute atomic E-state index is 8.56. The van der Waals surface area contributed by atoms with E-state index in [1.807, 2.05) is 14.1 Å². The molecule has 0 aromatic rings. The van der Waals surface area contributed by atoms with Crippen LogP contribution in [-0.2, 0) is 0 Å². The fourth-order valence-corrected chi connectivity index (χ4v) is 0.150. The summed E-state index contributed by atoms with van der Waals surface area (Å²) in [6.45, 7) is 0.514. The van der Waals surface area contributed by atoms with Gasteiger partial charge in [-0.3, -0.25) is 4.90 Å². The monoisotopic (exact) mass is 210 g/mol. The zero-order valence-electron chi connectivity index (χ0n) is 9.01. The van der Waals surface area contributed by atoms with Crippen LogP contribution in [0.25, 0.3) is 0 Å². The summed E-state index contributed by atoms with van der Waals surface area (Å²) in [6.07, 6.45) is -0.315. The fraction of sp³-hybridized carbons (Fsp3) is 1.00. The molecule has 0 spiro atoms. The normalized spacial score (nSPS) is 13.5. The number of hydrogen-bond acceptors (Lipinski definition) is 6. The molecule has 0 heterocycles. The molecule has 0 radical (unpaired) electrons. The summed E-state index contributed by atoms with van der Waals surface area (Å²) in [4.78, 5) is 1.72. The molecule has 0 aliphatic heterocycles. The summed E-state index contributed by atoms with van der Waals surface area (Å²) >= 11 is 0. The standard InChI is InChI=1S/C4H11NO3.C4H11NO/c5-4(1-6,2-7)3-8;1-4(6)5(2)3/h6-8H,1-3,5H2;4,6H,1-3H3. The van der Waals surface area contributed by atoms with Crippen LogP contribution < -0.4 is 5.73 Å². The summed E-state index contributed by atoms with van der Waals surface area (Å²) in [5, 5.41) is 33.6. The van der Waals surface area contributed by atoms with Crippen molar-refractivity contribution >= 4 is 0 Å². The van der Waals surface area contributed by atoms with Gasteiger partial charge in [-0.25, -0.2) is 0 Å². The van der Waals surface area contributed by atoms with Gasteiger partial charge in [-0.15, -0.1) is 0 Å². The van der Waals surface area contributed by atoms with Gasteiger partial charge < -0.3 is 26.2 Å². The van der Waals surface area contributed by atoms with E-state index in [-0.39, 0.29) is 6.23 Å². The van der Waals surface area contributed by atoms with Gasteiger partial charge in [0.05, 0.1) is 25.4 Å². The molecule has 0 rings (SSSR count). The first-order valence-corrected chi connectivity index (χ1v) is 4.29. The number of rotatable bonds is 4. The van der Waals surface area contributed by atoms with Crippen molar-refractivity contribution in [2.24, 2.45) is 5.73 Å². The Morgan fingerprint density at radius 2 is 1.36 bits per heavy atom. The van der Waals surface area contributed by atoms with E-state index in [2.05, 4.69) is 0 Å². The first kappa shape index (κ1) is 16.2. The molecule has 0 amide bonds. The SMILES string of the molecule is CC(O)N(C)C.NC(CO)(CO)CO. The lowest BCUT2D eigenvalue weighted by Gasteiger charge is -2.20. The maximum Gasteiger partial charge on any atom is 0.104 e. The maximum atomic E-state index is 8.56. The Morgan fingerprint density at radius 3 is 1.36 bits per heavy atom. The zero-order chi connectivity index (χ0) is 11.8. The number of nitrogens with zero attached hydrogens (tertiary/aromatic N) is 1. The van der Waals surface area contributed by atoms with Crippen molar-refractivity contribution < 1.29 is 20.4 Å². The molecule has 0 aliphatic rings. The first-order chi connectivity index (χ1) is 6.32. The quantitative estimate of drug-likeness (QED) is 0.329. The van der Waals surface area contributed by atoms with Gasteiger partial charge in [0.15, 0.2) is 0 Å². The fourth-order valence-electron chi connectivity index (χ4n) is 0.150. The molecule has 0 aromatic carbocycles. The number of aliphatic hydroxyl groups is 4. The minimum atomic E-state index is -1.21. The summed E-state index contributed by atoms with van der Waals surface area (Å²) in [7, 11) is 3.65. The summed E-state index contributed by atoms with van der Waals surface area (Å²) < 4.78 is 0. The van der Waals surface area contributed by atoms with Crippen molar-refractivity contribution in [1.29, 1.82) is 0 Å². The van der Waals surface area contributed by atoms with E-state index in [1.54, 1.807) is 11.8 Å². The molecule has 0 saturated heterocycles. The molecule has 6 N–H and O–H groups in total. The second-order valence-corrected chi connectivity index (χ2v) is 3.43. The highest BCUT2D eigenvalue weighted by atomic mass is 16.3. The molecule has 1 atom stereocenters. The molecule has 1 unspecified atom stereocenters. The van der Waals surface area contributed by atoms with Gasteiger partial charge in [0.2, 0.25) is 0 Å². The van der Waals surface area contributed by atoms with Crippen molar-refractivity contribution in [3.63, 3.8) is 0 Å². The largest absolute Gasteiger partial charge is 0.394 e.